The van der Waals surface area contributed by atoms with Crippen molar-refractivity contribution in [2.24, 2.45) is 0 Å². The first-order valence-electron chi connectivity index (χ1n) is 21.8. The number of ether oxygens (including phenoxy) is 4. The Morgan fingerprint density at radius 3 is 1.30 bits per heavy atom. The number of amides is 2. The Kier molecular flexibility index (Phi) is 36.8. The number of carbonyl (C=O) groups is 4. The van der Waals surface area contributed by atoms with Crippen LogP contribution in [0.15, 0.2) is 0 Å². The van der Waals surface area contributed by atoms with Crippen LogP contribution in [0.5, 0.6) is 0 Å². The third-order valence-electron chi connectivity index (χ3n) is 9.60. The van der Waals surface area contributed by atoms with Crippen molar-refractivity contribution in [2.45, 2.75) is 194 Å². The van der Waals surface area contributed by atoms with E-state index in [-0.39, 0.29) is 55.8 Å². The first-order valence-corrected chi connectivity index (χ1v) is 21.8. The fourth-order valence-corrected chi connectivity index (χ4v) is 6.06. The van der Waals surface area contributed by atoms with E-state index < -0.39 is 0 Å². The Morgan fingerprint density at radius 1 is 0.519 bits per heavy atom. The van der Waals surface area contributed by atoms with Crippen molar-refractivity contribution in [3.8, 4) is 0 Å². The predicted molar refractivity (Wildman–Crippen MR) is 215 cm³/mol. The minimum atomic E-state index is -0.362. The number of nitrogens with one attached hydrogen (secondary N) is 2. The number of hydrogen-bond donors (Lipinski definition) is 3. The number of rotatable bonds is 38. The van der Waals surface area contributed by atoms with Gasteiger partial charge in [0.05, 0.1) is 32.7 Å². The van der Waals surface area contributed by atoms with Crippen LogP contribution in [-0.2, 0) is 28.5 Å². The van der Waals surface area contributed by atoms with Crippen molar-refractivity contribution in [1.82, 2.24) is 15.5 Å². The van der Waals surface area contributed by atoms with Crippen LogP contribution in [-0.4, -0.2) is 98.9 Å². The van der Waals surface area contributed by atoms with Crippen LogP contribution >= 0.6 is 0 Å². The lowest BCUT2D eigenvalue weighted by Crippen LogP contribution is -2.32. The second-order valence-electron chi connectivity index (χ2n) is 14.5. The molecule has 54 heavy (non-hydrogen) atoms. The van der Waals surface area contributed by atoms with Gasteiger partial charge in [0.2, 0.25) is 0 Å². The van der Waals surface area contributed by atoms with E-state index in [4.69, 9.17) is 18.9 Å². The molecule has 0 aromatic heterocycles. The van der Waals surface area contributed by atoms with Gasteiger partial charge in [0.25, 0.3) is 0 Å². The van der Waals surface area contributed by atoms with Crippen molar-refractivity contribution < 1.29 is 43.2 Å². The lowest BCUT2D eigenvalue weighted by atomic mass is 10.1. The summed E-state index contributed by atoms with van der Waals surface area (Å²) >= 11 is 0. The second kappa shape index (κ2) is 38.7. The van der Waals surface area contributed by atoms with E-state index in [1.165, 1.54) is 64.2 Å². The molecule has 0 aliphatic rings. The standard InChI is InChI=1S/C42H81N3O9/c1-5-9-11-13-15-19-25-37(7-3)53-41(49)43-29-21-17-23-35-51-39(47)27-31-45(33-34-46)32-28-40(48)52-36-24-18-22-30-44-42(50)54-38(8-4)26-20-16-14-12-10-6-2/h37-38,46H,5-36H2,1-4H3,(H,43,49)(H,44,50). The van der Waals surface area contributed by atoms with E-state index in [1.54, 1.807) is 0 Å². The SMILES string of the molecule is CCCCCCCCC(CC)OC(=O)NCCCCCOC(=O)CCN(CCO)CCC(=O)OCCCCCNC(=O)OC(CC)CCCCCCCC. The number of nitrogens with zero attached hydrogens (tertiary/aromatic N) is 1. The molecule has 2 amide bonds. The topological polar surface area (TPSA) is 153 Å². The molecule has 2 atom stereocenters. The molecule has 3 N–H and O–H groups in total. The molecule has 0 fully saturated rings. The lowest BCUT2D eigenvalue weighted by Gasteiger charge is -2.20. The number of alkyl carbamates (subject to hydrolysis) is 2. The average Bonchev–Trinajstić information content (AvgIpc) is 3.16. The summed E-state index contributed by atoms with van der Waals surface area (Å²) in [5, 5.41) is 15.1. The van der Waals surface area contributed by atoms with Crippen LogP contribution in [0.4, 0.5) is 9.59 Å². The van der Waals surface area contributed by atoms with Crippen molar-refractivity contribution in [3.05, 3.63) is 0 Å². The zero-order chi connectivity index (χ0) is 39.9. The molecule has 0 radical (unpaired) electrons. The van der Waals surface area contributed by atoms with Gasteiger partial charge in [0, 0.05) is 32.7 Å². The molecule has 2 unspecified atom stereocenters. The lowest BCUT2D eigenvalue weighted by molar-refractivity contribution is -0.144. The largest absolute Gasteiger partial charge is 0.466 e. The van der Waals surface area contributed by atoms with Crippen LogP contribution in [0.3, 0.4) is 0 Å². The van der Waals surface area contributed by atoms with Gasteiger partial charge in [-0.1, -0.05) is 91.9 Å². The highest BCUT2D eigenvalue weighted by atomic mass is 16.6. The van der Waals surface area contributed by atoms with Gasteiger partial charge in [0.1, 0.15) is 12.2 Å². The van der Waals surface area contributed by atoms with Crippen LogP contribution in [0.25, 0.3) is 0 Å². The van der Waals surface area contributed by atoms with Gasteiger partial charge in [-0.25, -0.2) is 9.59 Å². The van der Waals surface area contributed by atoms with Gasteiger partial charge in [-0.05, 0) is 77.0 Å². The van der Waals surface area contributed by atoms with Gasteiger partial charge in [-0.2, -0.15) is 0 Å². The number of aliphatic hydroxyl groups excluding tert-OH is 1. The fraction of sp³-hybridized carbons (Fsp3) is 0.905. The Labute approximate surface area is 328 Å². The summed E-state index contributed by atoms with van der Waals surface area (Å²) in [6.45, 7) is 11.2. The van der Waals surface area contributed by atoms with Crippen molar-refractivity contribution in [2.75, 3.05) is 52.5 Å². The highest BCUT2D eigenvalue weighted by Crippen LogP contribution is 2.14. The summed E-state index contributed by atoms with van der Waals surface area (Å²) in [6, 6.07) is 0. The molecule has 0 saturated heterocycles. The molecule has 12 nitrogen and oxygen atoms in total. The Bertz CT molecular complexity index is 840. The van der Waals surface area contributed by atoms with E-state index in [9.17, 15) is 24.3 Å². The van der Waals surface area contributed by atoms with Gasteiger partial charge < -0.3 is 34.7 Å². The molecule has 0 saturated carbocycles. The maximum atomic E-state index is 12.3. The van der Waals surface area contributed by atoms with Crippen molar-refractivity contribution in [3.63, 3.8) is 0 Å². The van der Waals surface area contributed by atoms with Crippen LogP contribution < -0.4 is 10.6 Å². The molecule has 0 bridgehead atoms. The van der Waals surface area contributed by atoms with Gasteiger partial charge in [-0.3, -0.25) is 14.5 Å². The zero-order valence-corrected chi connectivity index (χ0v) is 34.9. The van der Waals surface area contributed by atoms with Crippen molar-refractivity contribution in [1.29, 1.82) is 0 Å². The third-order valence-corrected chi connectivity index (χ3v) is 9.60. The highest BCUT2D eigenvalue weighted by molar-refractivity contribution is 5.70. The fourth-order valence-electron chi connectivity index (χ4n) is 6.06. The first kappa shape index (κ1) is 51.4. The molecular weight excluding hydrogens is 690 g/mol. The van der Waals surface area contributed by atoms with Crippen LogP contribution in [0.1, 0.15) is 182 Å². The second-order valence-corrected chi connectivity index (χ2v) is 14.5. The van der Waals surface area contributed by atoms with E-state index in [0.29, 0.717) is 58.8 Å². The molecule has 0 aliphatic carbocycles. The normalized spacial score (nSPS) is 12.3. The van der Waals surface area contributed by atoms with Crippen LogP contribution in [0, 0.1) is 0 Å². The summed E-state index contributed by atoms with van der Waals surface area (Å²) < 4.78 is 21.8. The molecule has 318 valence electrons. The van der Waals surface area contributed by atoms with Gasteiger partial charge in [0.15, 0.2) is 0 Å². The van der Waals surface area contributed by atoms with E-state index in [0.717, 1.165) is 64.2 Å². The number of carbonyl (C=O) groups excluding carboxylic acids is 4. The van der Waals surface area contributed by atoms with E-state index >= 15 is 0 Å². The first-order chi connectivity index (χ1) is 26.3. The minimum absolute atomic E-state index is 0.0361. The predicted octanol–water partition coefficient (Wildman–Crippen LogP) is 9.00. The molecule has 0 rings (SSSR count). The molecule has 0 aromatic rings. The molecule has 12 heteroatoms. The number of unbranched alkanes of at least 4 members (excludes halogenated alkanes) is 14. The summed E-state index contributed by atoms with van der Waals surface area (Å²) in [6.07, 6.45) is 22.2. The number of esters is 2. The monoisotopic (exact) mass is 772 g/mol. The van der Waals surface area contributed by atoms with E-state index in [1.807, 2.05) is 18.7 Å². The van der Waals surface area contributed by atoms with Gasteiger partial charge >= 0.3 is 24.1 Å². The quantitative estimate of drug-likeness (QED) is 0.0315. The molecular formula is C42H81N3O9. The van der Waals surface area contributed by atoms with Crippen LogP contribution in [0.2, 0.25) is 0 Å². The van der Waals surface area contributed by atoms with Gasteiger partial charge in [-0.15, -0.1) is 0 Å². The molecule has 0 aliphatic heterocycles. The summed E-state index contributed by atoms with van der Waals surface area (Å²) in [7, 11) is 0. The number of aliphatic hydroxyl groups is 1. The Balaban J connectivity index is 3.90. The Morgan fingerprint density at radius 2 is 0.907 bits per heavy atom. The maximum Gasteiger partial charge on any atom is 0.407 e. The van der Waals surface area contributed by atoms with Crippen molar-refractivity contribution >= 4 is 24.1 Å². The smallest absolute Gasteiger partial charge is 0.407 e. The maximum absolute atomic E-state index is 12.3. The zero-order valence-electron chi connectivity index (χ0n) is 34.9. The van der Waals surface area contributed by atoms with E-state index in [2.05, 4.69) is 24.5 Å². The molecule has 0 spiro atoms. The molecule has 0 aromatic carbocycles. The summed E-state index contributed by atoms with van der Waals surface area (Å²) in [5.74, 6) is -0.640. The average molecular weight is 772 g/mol. The minimum Gasteiger partial charge on any atom is -0.466 e. The summed E-state index contributed by atoms with van der Waals surface area (Å²) in [4.78, 5) is 50.6. The Hall–Kier alpha value is -2.60. The highest BCUT2D eigenvalue weighted by Gasteiger charge is 2.14. The molecule has 0 heterocycles. The third kappa shape index (κ3) is 33.9. The summed E-state index contributed by atoms with van der Waals surface area (Å²) in [5.41, 5.74) is 0. The number of hydrogen-bond acceptors (Lipinski definition) is 10.